The molecule has 0 bridgehead atoms. The van der Waals surface area contributed by atoms with Crippen LogP contribution in [0.25, 0.3) is 32.8 Å². The molecule has 10 heteroatoms. The topological polar surface area (TPSA) is 155 Å². The Morgan fingerprint density at radius 1 is 0.951 bits per heavy atom. The molecular formula is C31H31N3O7. The molecule has 0 aliphatic heterocycles. The molecule has 41 heavy (non-hydrogen) atoms. The van der Waals surface area contributed by atoms with Crippen molar-refractivity contribution in [1.82, 2.24) is 15.6 Å². The van der Waals surface area contributed by atoms with E-state index in [1.165, 1.54) is 0 Å². The van der Waals surface area contributed by atoms with Crippen molar-refractivity contribution < 1.29 is 28.3 Å². The molecule has 10 nitrogen and oxygen atoms in total. The molecule has 212 valence electrons. The van der Waals surface area contributed by atoms with Crippen LogP contribution in [-0.4, -0.2) is 40.5 Å². The van der Waals surface area contributed by atoms with Crippen LogP contribution in [0.1, 0.15) is 40.0 Å². The van der Waals surface area contributed by atoms with Crippen molar-refractivity contribution in [2.75, 3.05) is 6.54 Å². The van der Waals surface area contributed by atoms with Crippen LogP contribution in [0.4, 0.5) is 0 Å². The Kier molecular flexibility index (Phi) is 7.40. The van der Waals surface area contributed by atoms with Gasteiger partial charge in [-0.25, -0.2) is 4.79 Å². The molecule has 0 aliphatic rings. The third kappa shape index (κ3) is 5.32. The number of benzene rings is 2. The van der Waals surface area contributed by atoms with Gasteiger partial charge < -0.3 is 29.6 Å². The van der Waals surface area contributed by atoms with Crippen molar-refractivity contribution in [3.05, 3.63) is 80.5 Å². The highest BCUT2D eigenvalue weighted by Gasteiger charge is 2.25. The third-order valence-corrected chi connectivity index (χ3v) is 7.67. The number of aromatic amines is 1. The number of nitrogens with one attached hydrogen (secondary N) is 3. The van der Waals surface area contributed by atoms with E-state index in [-0.39, 0.29) is 31.4 Å². The van der Waals surface area contributed by atoms with E-state index in [0.717, 1.165) is 33.2 Å². The summed E-state index contributed by atoms with van der Waals surface area (Å²) in [5.74, 6) is -1.32. The molecule has 3 aromatic heterocycles. The number of H-pyrrole nitrogens is 1. The second kappa shape index (κ2) is 11.0. The summed E-state index contributed by atoms with van der Waals surface area (Å²) in [4.78, 5) is 53.5. The summed E-state index contributed by atoms with van der Waals surface area (Å²) in [6.07, 6.45) is 1.39. The van der Waals surface area contributed by atoms with Crippen LogP contribution in [0.5, 0.6) is 0 Å². The summed E-state index contributed by atoms with van der Waals surface area (Å²) in [5, 5.41) is 16.8. The molecule has 0 radical (unpaired) electrons. The molecule has 2 amide bonds. The highest BCUT2D eigenvalue weighted by molar-refractivity contribution is 6.00. The summed E-state index contributed by atoms with van der Waals surface area (Å²) in [7, 11) is 0. The minimum absolute atomic E-state index is 0.0808. The van der Waals surface area contributed by atoms with Crippen molar-refractivity contribution >= 4 is 50.6 Å². The van der Waals surface area contributed by atoms with E-state index in [4.69, 9.17) is 13.9 Å². The molecule has 1 atom stereocenters. The normalized spacial score (nSPS) is 12.2. The number of hydrogen-bond acceptors (Lipinski definition) is 6. The van der Waals surface area contributed by atoms with E-state index in [1.807, 2.05) is 51.1 Å². The molecule has 4 N–H and O–H groups in total. The van der Waals surface area contributed by atoms with Crippen LogP contribution in [0.2, 0.25) is 0 Å². The number of carbonyl (C=O) groups excluding carboxylic acids is 2. The first-order valence-electron chi connectivity index (χ1n) is 13.3. The number of fused-ring (bicyclic) bond motifs is 3. The van der Waals surface area contributed by atoms with Crippen molar-refractivity contribution in [3.63, 3.8) is 0 Å². The predicted octanol–water partition coefficient (Wildman–Crippen LogP) is 4.12. The molecule has 0 aliphatic carbocycles. The van der Waals surface area contributed by atoms with E-state index in [0.29, 0.717) is 27.7 Å². The summed E-state index contributed by atoms with van der Waals surface area (Å²) in [6, 6.07) is 8.50. The lowest BCUT2D eigenvalue weighted by molar-refractivity contribution is -0.137. The maximum atomic E-state index is 13.3. The van der Waals surface area contributed by atoms with Gasteiger partial charge in [-0.3, -0.25) is 14.4 Å². The van der Waals surface area contributed by atoms with E-state index >= 15 is 0 Å². The summed E-state index contributed by atoms with van der Waals surface area (Å²) in [5.41, 5.74) is 4.65. The number of hydrogen-bond donors (Lipinski definition) is 4. The predicted molar refractivity (Wildman–Crippen MR) is 154 cm³/mol. The fraction of sp³-hybridized carbons (Fsp3) is 0.290. The zero-order chi connectivity index (χ0) is 29.4. The number of carbonyl (C=O) groups is 3. The third-order valence-electron chi connectivity index (χ3n) is 7.67. The first kappa shape index (κ1) is 27.7. The Hall–Kier alpha value is -4.86. The number of furan rings is 1. The number of carboxylic acids is 1. The molecule has 0 unspecified atom stereocenters. The smallest absolute Gasteiger partial charge is 0.340 e. The first-order chi connectivity index (χ1) is 19.5. The van der Waals surface area contributed by atoms with Crippen molar-refractivity contribution in [2.45, 2.75) is 53.0 Å². The van der Waals surface area contributed by atoms with Gasteiger partial charge in [0.2, 0.25) is 11.8 Å². The van der Waals surface area contributed by atoms with Gasteiger partial charge >= 0.3 is 11.6 Å². The van der Waals surface area contributed by atoms with Crippen LogP contribution in [0.3, 0.4) is 0 Å². The largest absolute Gasteiger partial charge is 0.481 e. The summed E-state index contributed by atoms with van der Waals surface area (Å²) >= 11 is 0. The van der Waals surface area contributed by atoms with Gasteiger partial charge in [0.05, 0.1) is 18.4 Å². The number of para-hydroxylation sites is 1. The van der Waals surface area contributed by atoms with Gasteiger partial charge in [-0.05, 0) is 56.5 Å². The Bertz CT molecular complexity index is 1890. The van der Waals surface area contributed by atoms with Crippen LogP contribution in [-0.2, 0) is 27.2 Å². The van der Waals surface area contributed by atoms with Gasteiger partial charge in [-0.15, -0.1) is 0 Å². The van der Waals surface area contributed by atoms with Gasteiger partial charge in [0.1, 0.15) is 23.0 Å². The van der Waals surface area contributed by atoms with Gasteiger partial charge in [0, 0.05) is 46.4 Å². The van der Waals surface area contributed by atoms with Crippen LogP contribution >= 0.6 is 0 Å². The first-order valence-corrected chi connectivity index (χ1v) is 13.3. The maximum Gasteiger partial charge on any atom is 0.340 e. The number of aromatic nitrogens is 1. The minimum Gasteiger partial charge on any atom is -0.481 e. The SMILES string of the molecule is Cc1oc2c(C)c3oc(=O)c(CC(=O)N[C@H](Cc4c[nH]c5ccccc45)C(=O)NCCC(=O)O)c(C)c3cc2c1C. The number of amides is 2. The molecule has 0 saturated heterocycles. The number of aliphatic carboxylic acids is 1. The average Bonchev–Trinajstić information content (AvgIpc) is 3.47. The number of aryl methyl sites for hydroxylation is 4. The number of rotatable bonds is 9. The average molecular weight is 558 g/mol. The molecule has 0 saturated carbocycles. The Balaban J connectivity index is 1.44. The highest BCUT2D eigenvalue weighted by Crippen LogP contribution is 2.34. The quantitative estimate of drug-likeness (QED) is 0.199. The lowest BCUT2D eigenvalue weighted by atomic mass is 9.98. The van der Waals surface area contributed by atoms with E-state index in [9.17, 15) is 19.2 Å². The molecule has 2 aromatic carbocycles. The zero-order valence-electron chi connectivity index (χ0n) is 23.3. The van der Waals surface area contributed by atoms with Crippen LogP contribution in [0.15, 0.2) is 50.2 Å². The Morgan fingerprint density at radius 2 is 1.66 bits per heavy atom. The molecular weight excluding hydrogens is 526 g/mol. The van der Waals surface area contributed by atoms with Gasteiger partial charge in [0.15, 0.2) is 0 Å². The summed E-state index contributed by atoms with van der Waals surface area (Å²) in [6.45, 7) is 7.37. The fourth-order valence-corrected chi connectivity index (χ4v) is 5.25. The van der Waals surface area contributed by atoms with Crippen LogP contribution < -0.4 is 16.3 Å². The van der Waals surface area contributed by atoms with E-state index in [2.05, 4.69) is 15.6 Å². The monoisotopic (exact) mass is 557 g/mol. The Morgan fingerprint density at radius 3 is 2.41 bits per heavy atom. The van der Waals surface area contributed by atoms with Crippen LogP contribution in [0, 0.1) is 27.7 Å². The van der Waals surface area contributed by atoms with Crippen molar-refractivity contribution in [2.24, 2.45) is 0 Å². The number of carboxylic acid groups (broad SMARTS) is 1. The molecule has 5 aromatic rings. The van der Waals surface area contributed by atoms with Crippen molar-refractivity contribution in [1.29, 1.82) is 0 Å². The van der Waals surface area contributed by atoms with E-state index in [1.54, 1.807) is 13.1 Å². The fourth-order valence-electron chi connectivity index (χ4n) is 5.25. The standard InChI is InChI=1S/C31H31N3O7/c1-15-18(4)40-28-17(3)29-22(12-21(15)28)16(2)23(31(39)41-29)13-26(35)34-25(30(38)32-10-9-27(36)37)11-19-14-33-24-8-6-5-7-20(19)24/h5-8,12,14,25,33H,9-11,13H2,1-4H3,(H,32,38)(H,34,35)(H,36,37)/t25-/m1/s1. The highest BCUT2D eigenvalue weighted by atomic mass is 16.4. The second-order valence-electron chi connectivity index (χ2n) is 10.3. The summed E-state index contributed by atoms with van der Waals surface area (Å²) < 4.78 is 11.6. The van der Waals surface area contributed by atoms with Crippen molar-refractivity contribution in [3.8, 4) is 0 Å². The van der Waals surface area contributed by atoms with Gasteiger partial charge in [-0.2, -0.15) is 0 Å². The maximum absolute atomic E-state index is 13.3. The second-order valence-corrected chi connectivity index (χ2v) is 10.3. The molecule has 3 heterocycles. The zero-order valence-corrected chi connectivity index (χ0v) is 23.3. The molecule has 5 rings (SSSR count). The lowest BCUT2D eigenvalue weighted by Crippen LogP contribution is -2.49. The van der Waals surface area contributed by atoms with E-state index < -0.39 is 29.5 Å². The molecule has 0 spiro atoms. The molecule has 0 fully saturated rings. The lowest BCUT2D eigenvalue weighted by Gasteiger charge is -2.19. The minimum atomic E-state index is -1.05. The van der Waals surface area contributed by atoms with Gasteiger partial charge in [-0.1, -0.05) is 18.2 Å². The Labute approximate surface area is 234 Å². The van der Waals surface area contributed by atoms with Gasteiger partial charge in [0.25, 0.3) is 0 Å².